The standard InChI is InChI=1S/C26H28FN7OS/c1-2-31-11-13-32(14-12-31)21-7-5-18(15-20(21)27)22-17-28-24-8-6-19(30-34(22)24)16-23-25(35)29-26(36-23)33-9-3-4-10-33/h5-8,15-17H,2-4,9-14H2,1H3. The van der Waals surface area contributed by atoms with Crippen molar-refractivity contribution >= 4 is 40.2 Å². The van der Waals surface area contributed by atoms with Crippen molar-refractivity contribution in [2.75, 3.05) is 50.7 Å². The second kappa shape index (κ2) is 9.67. The number of imidazole rings is 1. The molecule has 0 atom stereocenters. The van der Waals surface area contributed by atoms with Gasteiger partial charge in [-0.1, -0.05) is 13.0 Å². The van der Waals surface area contributed by atoms with Gasteiger partial charge in [-0.25, -0.2) is 13.9 Å². The van der Waals surface area contributed by atoms with Gasteiger partial charge < -0.3 is 14.7 Å². The van der Waals surface area contributed by atoms with Crippen molar-refractivity contribution in [3.05, 3.63) is 52.9 Å². The monoisotopic (exact) mass is 505 g/mol. The second-order valence-electron chi connectivity index (χ2n) is 9.26. The number of aliphatic imine (C=N–C) groups is 1. The average molecular weight is 506 g/mol. The Kier molecular flexibility index (Phi) is 6.22. The predicted octanol–water partition coefficient (Wildman–Crippen LogP) is 3.74. The fraction of sp³-hybridized carbons (Fsp3) is 0.385. The van der Waals surface area contributed by atoms with Gasteiger partial charge in [-0.15, -0.1) is 0 Å². The first-order valence-electron chi connectivity index (χ1n) is 12.5. The number of benzene rings is 1. The van der Waals surface area contributed by atoms with Crippen LogP contribution in [0.4, 0.5) is 10.1 Å². The maximum absolute atomic E-state index is 15.2. The number of fused-ring (bicyclic) bond motifs is 1. The van der Waals surface area contributed by atoms with Gasteiger partial charge in [0.15, 0.2) is 10.8 Å². The molecule has 5 heterocycles. The molecular weight excluding hydrogens is 477 g/mol. The molecule has 3 aliphatic heterocycles. The number of piperazine rings is 1. The van der Waals surface area contributed by atoms with Crippen LogP contribution in [-0.4, -0.2) is 81.3 Å². The molecule has 3 aliphatic rings. The van der Waals surface area contributed by atoms with Gasteiger partial charge in [-0.3, -0.25) is 4.79 Å². The second-order valence-corrected chi connectivity index (χ2v) is 10.3. The van der Waals surface area contributed by atoms with Gasteiger partial charge in [0, 0.05) is 44.8 Å². The minimum absolute atomic E-state index is 0.230. The van der Waals surface area contributed by atoms with E-state index in [0.717, 1.165) is 63.8 Å². The molecule has 2 aromatic heterocycles. The number of nitrogens with zero attached hydrogens (tertiary/aromatic N) is 7. The number of hydrogen-bond acceptors (Lipinski definition) is 7. The fourth-order valence-corrected chi connectivity index (χ4v) is 5.91. The largest absolute Gasteiger partial charge is 0.367 e. The van der Waals surface area contributed by atoms with Crippen molar-refractivity contribution in [2.45, 2.75) is 19.8 Å². The molecule has 0 unspecified atom stereocenters. The molecule has 0 bridgehead atoms. The topological polar surface area (TPSA) is 69.3 Å². The Bertz CT molecular complexity index is 1370. The highest BCUT2D eigenvalue weighted by atomic mass is 32.2. The van der Waals surface area contributed by atoms with Crippen LogP contribution in [0.3, 0.4) is 0 Å². The summed E-state index contributed by atoms with van der Waals surface area (Å²) in [7, 11) is 0. The highest BCUT2D eigenvalue weighted by Crippen LogP contribution is 2.32. The zero-order valence-corrected chi connectivity index (χ0v) is 21.0. The summed E-state index contributed by atoms with van der Waals surface area (Å²) in [6.07, 6.45) is 5.73. The van der Waals surface area contributed by atoms with Gasteiger partial charge in [-0.2, -0.15) is 10.1 Å². The molecule has 1 aromatic carbocycles. The summed E-state index contributed by atoms with van der Waals surface area (Å²) < 4.78 is 16.9. The highest BCUT2D eigenvalue weighted by molar-refractivity contribution is 8.18. The Balaban J connectivity index is 1.25. The minimum atomic E-state index is -0.245. The van der Waals surface area contributed by atoms with Crippen LogP contribution in [0.2, 0.25) is 0 Å². The number of halogens is 1. The third-order valence-corrected chi connectivity index (χ3v) is 8.10. The van der Waals surface area contributed by atoms with Crippen molar-refractivity contribution in [2.24, 2.45) is 4.99 Å². The summed E-state index contributed by atoms with van der Waals surface area (Å²) in [4.78, 5) is 28.4. The number of carbonyl (C=O) groups excluding carboxylic acids is 1. The summed E-state index contributed by atoms with van der Waals surface area (Å²) in [6.45, 7) is 8.59. The number of hydrogen-bond donors (Lipinski definition) is 0. The van der Waals surface area contributed by atoms with Gasteiger partial charge >= 0.3 is 0 Å². The number of thioether (sulfide) groups is 1. The van der Waals surface area contributed by atoms with E-state index in [1.165, 1.54) is 11.8 Å². The van der Waals surface area contributed by atoms with Crippen LogP contribution < -0.4 is 4.90 Å². The van der Waals surface area contributed by atoms with Crippen molar-refractivity contribution in [3.8, 4) is 11.3 Å². The van der Waals surface area contributed by atoms with Gasteiger partial charge in [0.2, 0.25) is 0 Å². The molecule has 2 fully saturated rings. The number of aromatic nitrogens is 3. The zero-order chi connectivity index (χ0) is 24.6. The van der Waals surface area contributed by atoms with E-state index < -0.39 is 0 Å². The van der Waals surface area contributed by atoms with Crippen LogP contribution in [0, 0.1) is 5.82 Å². The van der Waals surface area contributed by atoms with Crippen molar-refractivity contribution in [1.29, 1.82) is 0 Å². The molecular formula is C26H28FN7OS. The molecule has 0 aliphatic carbocycles. The van der Waals surface area contributed by atoms with Crippen molar-refractivity contribution in [3.63, 3.8) is 0 Å². The van der Waals surface area contributed by atoms with Crippen LogP contribution in [0.25, 0.3) is 23.0 Å². The first-order valence-corrected chi connectivity index (χ1v) is 13.3. The van der Waals surface area contributed by atoms with E-state index in [1.807, 2.05) is 24.3 Å². The summed E-state index contributed by atoms with van der Waals surface area (Å²) >= 11 is 1.40. The van der Waals surface area contributed by atoms with E-state index in [4.69, 9.17) is 5.10 Å². The van der Waals surface area contributed by atoms with Gasteiger partial charge in [0.25, 0.3) is 5.91 Å². The lowest BCUT2D eigenvalue weighted by Gasteiger charge is -2.35. The van der Waals surface area contributed by atoms with Gasteiger partial charge in [-0.05, 0) is 61.5 Å². The number of rotatable bonds is 4. The summed E-state index contributed by atoms with van der Waals surface area (Å²) in [5.41, 5.74) is 3.32. The van der Waals surface area contributed by atoms with E-state index in [9.17, 15) is 4.79 Å². The van der Waals surface area contributed by atoms with Gasteiger partial charge in [0.1, 0.15) is 5.82 Å². The lowest BCUT2D eigenvalue weighted by molar-refractivity contribution is -0.113. The highest BCUT2D eigenvalue weighted by Gasteiger charge is 2.28. The number of likely N-dealkylation sites (tertiary alicyclic amines) is 1. The smallest absolute Gasteiger partial charge is 0.286 e. The van der Waals surface area contributed by atoms with Gasteiger partial charge in [0.05, 0.1) is 28.2 Å². The average Bonchev–Trinajstić information content (AvgIpc) is 3.65. The SMILES string of the molecule is CCN1CCN(c2ccc(-c3cnc4ccc(C=C5SC(N6CCCC6)=NC5=O)nn34)cc2F)CC1. The molecule has 2 saturated heterocycles. The fourth-order valence-electron chi connectivity index (χ4n) is 4.96. The van der Waals surface area contributed by atoms with Crippen LogP contribution in [0.15, 0.2) is 46.4 Å². The van der Waals surface area contributed by atoms with E-state index in [2.05, 4.69) is 31.6 Å². The van der Waals surface area contributed by atoms with E-state index in [0.29, 0.717) is 33.2 Å². The molecule has 3 aromatic rings. The van der Waals surface area contributed by atoms with Crippen molar-refractivity contribution in [1.82, 2.24) is 24.4 Å². The first kappa shape index (κ1) is 23.2. The zero-order valence-electron chi connectivity index (χ0n) is 20.2. The number of likely N-dealkylation sites (N-methyl/N-ethyl adjacent to an activating group) is 1. The Hall–Kier alpha value is -3.24. The third-order valence-electron chi connectivity index (χ3n) is 7.05. The van der Waals surface area contributed by atoms with Crippen LogP contribution >= 0.6 is 11.8 Å². The maximum atomic E-state index is 15.2. The summed E-state index contributed by atoms with van der Waals surface area (Å²) in [6, 6.07) is 9.02. The minimum Gasteiger partial charge on any atom is -0.367 e. The number of anilines is 1. The van der Waals surface area contributed by atoms with Crippen molar-refractivity contribution < 1.29 is 9.18 Å². The molecule has 10 heteroatoms. The maximum Gasteiger partial charge on any atom is 0.286 e. The summed E-state index contributed by atoms with van der Waals surface area (Å²) in [5, 5.41) is 5.48. The van der Waals surface area contributed by atoms with Crippen LogP contribution in [-0.2, 0) is 4.79 Å². The Labute approximate surface area is 213 Å². The molecule has 0 saturated carbocycles. The Morgan fingerprint density at radius 3 is 2.58 bits per heavy atom. The lowest BCUT2D eigenvalue weighted by Crippen LogP contribution is -2.46. The quantitative estimate of drug-likeness (QED) is 0.501. The molecule has 0 N–H and O–H groups in total. The van der Waals surface area contributed by atoms with E-state index in [1.54, 1.807) is 22.9 Å². The predicted molar refractivity (Wildman–Crippen MR) is 142 cm³/mol. The van der Waals surface area contributed by atoms with E-state index in [-0.39, 0.29) is 11.7 Å². The first-order chi connectivity index (χ1) is 17.6. The molecule has 0 spiro atoms. The lowest BCUT2D eigenvalue weighted by atomic mass is 10.1. The normalized spacial score (nSPS) is 20.2. The number of carbonyl (C=O) groups is 1. The van der Waals surface area contributed by atoms with Crippen LogP contribution in [0.1, 0.15) is 25.5 Å². The number of amides is 1. The molecule has 0 radical (unpaired) electrons. The van der Waals surface area contributed by atoms with E-state index >= 15 is 4.39 Å². The van der Waals surface area contributed by atoms with Crippen LogP contribution in [0.5, 0.6) is 0 Å². The molecule has 8 nitrogen and oxygen atoms in total. The third kappa shape index (κ3) is 4.39. The molecule has 186 valence electrons. The summed E-state index contributed by atoms with van der Waals surface area (Å²) in [5.74, 6) is -0.475. The Morgan fingerprint density at radius 2 is 1.83 bits per heavy atom. The molecule has 6 rings (SSSR count). The molecule has 1 amide bonds. The Morgan fingerprint density at radius 1 is 1.03 bits per heavy atom. The molecule has 36 heavy (non-hydrogen) atoms. The number of amidine groups is 1.